The number of piperazine rings is 1. The Morgan fingerprint density at radius 2 is 1.84 bits per heavy atom. The van der Waals surface area contributed by atoms with Crippen molar-refractivity contribution in [2.45, 2.75) is 18.9 Å². The minimum atomic E-state index is -0.544. The smallest absolute Gasteiger partial charge is 0.222 e. The van der Waals surface area contributed by atoms with Gasteiger partial charge in [0.05, 0.1) is 6.10 Å². The summed E-state index contributed by atoms with van der Waals surface area (Å²) >= 11 is 0. The Morgan fingerprint density at radius 3 is 2.47 bits per heavy atom. The van der Waals surface area contributed by atoms with Gasteiger partial charge in [-0.05, 0) is 19.0 Å². The van der Waals surface area contributed by atoms with E-state index in [1.807, 2.05) is 35.2 Å². The van der Waals surface area contributed by atoms with Crippen LogP contribution in [-0.2, 0) is 4.79 Å². The molecule has 1 aliphatic heterocycles. The van der Waals surface area contributed by atoms with Crippen molar-refractivity contribution in [3.8, 4) is 0 Å². The van der Waals surface area contributed by atoms with Crippen LogP contribution in [0.4, 0.5) is 0 Å². The summed E-state index contributed by atoms with van der Waals surface area (Å²) in [4.78, 5) is 16.2. The Labute approximate surface area is 114 Å². The van der Waals surface area contributed by atoms with Crippen molar-refractivity contribution in [2.75, 3.05) is 33.2 Å². The van der Waals surface area contributed by atoms with Crippen LogP contribution in [0.3, 0.4) is 0 Å². The number of carbonyl (C=O) groups excluding carboxylic acids is 1. The Bertz CT molecular complexity index is 400. The van der Waals surface area contributed by atoms with E-state index in [2.05, 4.69) is 11.9 Å². The van der Waals surface area contributed by atoms with Gasteiger partial charge in [0.1, 0.15) is 0 Å². The van der Waals surface area contributed by atoms with Crippen molar-refractivity contribution in [2.24, 2.45) is 0 Å². The molecule has 0 saturated carbocycles. The number of hydrogen-bond acceptors (Lipinski definition) is 3. The summed E-state index contributed by atoms with van der Waals surface area (Å²) in [5.74, 6) is 0.156. The summed E-state index contributed by atoms with van der Waals surface area (Å²) in [5, 5.41) is 10.0. The molecule has 0 radical (unpaired) electrons. The molecular weight excluding hydrogens is 240 g/mol. The fraction of sp³-hybridized carbons (Fsp3) is 0.533. The number of amides is 1. The van der Waals surface area contributed by atoms with Gasteiger partial charge >= 0.3 is 0 Å². The highest BCUT2D eigenvalue weighted by Gasteiger charge is 2.19. The first-order chi connectivity index (χ1) is 9.16. The molecule has 0 spiro atoms. The summed E-state index contributed by atoms with van der Waals surface area (Å²) < 4.78 is 0. The number of nitrogens with zero attached hydrogens (tertiary/aromatic N) is 2. The highest BCUT2D eigenvalue weighted by molar-refractivity contribution is 5.76. The highest BCUT2D eigenvalue weighted by atomic mass is 16.3. The topological polar surface area (TPSA) is 43.8 Å². The fourth-order valence-electron chi connectivity index (χ4n) is 2.32. The van der Waals surface area contributed by atoms with Gasteiger partial charge in [-0.15, -0.1) is 0 Å². The molecule has 1 saturated heterocycles. The Hall–Kier alpha value is -1.39. The SMILES string of the molecule is CN1CCN(C(=O)CCC(O)c2ccccc2)CC1. The molecule has 1 aromatic rings. The van der Waals surface area contributed by atoms with Crippen molar-refractivity contribution >= 4 is 5.91 Å². The molecule has 19 heavy (non-hydrogen) atoms. The number of hydrogen-bond donors (Lipinski definition) is 1. The normalized spacial score (nSPS) is 18.3. The van der Waals surface area contributed by atoms with E-state index in [4.69, 9.17) is 0 Å². The molecule has 1 fully saturated rings. The zero-order valence-corrected chi connectivity index (χ0v) is 11.5. The third-order valence-electron chi connectivity index (χ3n) is 3.67. The predicted molar refractivity (Wildman–Crippen MR) is 74.7 cm³/mol. The van der Waals surface area contributed by atoms with Gasteiger partial charge in [0, 0.05) is 32.6 Å². The molecule has 1 unspecified atom stereocenters. The average molecular weight is 262 g/mol. The van der Waals surface area contributed by atoms with Crippen LogP contribution in [-0.4, -0.2) is 54.0 Å². The van der Waals surface area contributed by atoms with E-state index in [1.54, 1.807) is 0 Å². The summed E-state index contributed by atoms with van der Waals surface area (Å²) in [7, 11) is 2.07. The number of benzene rings is 1. The summed E-state index contributed by atoms with van der Waals surface area (Å²) in [6.45, 7) is 3.48. The van der Waals surface area contributed by atoms with Gasteiger partial charge in [-0.25, -0.2) is 0 Å². The Morgan fingerprint density at radius 1 is 1.21 bits per heavy atom. The van der Waals surface area contributed by atoms with E-state index in [0.717, 1.165) is 31.7 Å². The van der Waals surface area contributed by atoms with Crippen LogP contribution in [0.2, 0.25) is 0 Å². The minimum absolute atomic E-state index is 0.156. The van der Waals surface area contributed by atoms with E-state index in [0.29, 0.717) is 12.8 Å². The maximum atomic E-state index is 12.0. The quantitative estimate of drug-likeness (QED) is 0.889. The van der Waals surface area contributed by atoms with Gasteiger partial charge in [0.15, 0.2) is 0 Å². The number of rotatable bonds is 4. The van der Waals surface area contributed by atoms with E-state index in [1.165, 1.54) is 0 Å². The van der Waals surface area contributed by atoms with Crippen LogP contribution in [0.5, 0.6) is 0 Å². The molecular formula is C15H22N2O2. The third-order valence-corrected chi connectivity index (χ3v) is 3.67. The molecule has 1 N–H and O–H groups in total. The largest absolute Gasteiger partial charge is 0.388 e. The Kier molecular flexibility index (Phi) is 4.93. The van der Waals surface area contributed by atoms with E-state index in [9.17, 15) is 9.90 Å². The first kappa shape index (κ1) is 14.0. The summed E-state index contributed by atoms with van der Waals surface area (Å²) in [5.41, 5.74) is 0.883. The number of aliphatic hydroxyl groups is 1. The lowest BCUT2D eigenvalue weighted by Gasteiger charge is -2.32. The van der Waals surface area contributed by atoms with Gasteiger partial charge < -0.3 is 14.9 Å². The fourth-order valence-corrected chi connectivity index (χ4v) is 2.32. The zero-order valence-electron chi connectivity index (χ0n) is 11.5. The van der Waals surface area contributed by atoms with Gasteiger partial charge in [0.25, 0.3) is 0 Å². The monoisotopic (exact) mass is 262 g/mol. The van der Waals surface area contributed by atoms with Crippen molar-refractivity contribution in [1.29, 1.82) is 0 Å². The number of aliphatic hydroxyl groups excluding tert-OH is 1. The average Bonchev–Trinajstić information content (AvgIpc) is 2.46. The zero-order chi connectivity index (χ0) is 13.7. The number of likely N-dealkylation sites (N-methyl/N-ethyl adjacent to an activating group) is 1. The lowest BCUT2D eigenvalue weighted by molar-refractivity contribution is -0.133. The highest BCUT2D eigenvalue weighted by Crippen LogP contribution is 2.18. The molecule has 1 amide bonds. The second-order valence-corrected chi connectivity index (χ2v) is 5.15. The van der Waals surface area contributed by atoms with Crippen LogP contribution in [0.15, 0.2) is 30.3 Å². The van der Waals surface area contributed by atoms with Crippen molar-refractivity contribution in [3.05, 3.63) is 35.9 Å². The van der Waals surface area contributed by atoms with E-state index in [-0.39, 0.29) is 5.91 Å². The van der Waals surface area contributed by atoms with Crippen LogP contribution in [0.25, 0.3) is 0 Å². The molecule has 4 heteroatoms. The maximum Gasteiger partial charge on any atom is 0.222 e. The molecule has 1 aromatic carbocycles. The lowest BCUT2D eigenvalue weighted by Crippen LogP contribution is -2.47. The van der Waals surface area contributed by atoms with Gasteiger partial charge in [0.2, 0.25) is 5.91 Å². The minimum Gasteiger partial charge on any atom is -0.388 e. The second-order valence-electron chi connectivity index (χ2n) is 5.15. The van der Waals surface area contributed by atoms with Crippen LogP contribution in [0.1, 0.15) is 24.5 Å². The molecule has 104 valence electrons. The number of carbonyl (C=O) groups is 1. The van der Waals surface area contributed by atoms with Crippen molar-refractivity contribution in [3.63, 3.8) is 0 Å². The third kappa shape index (κ3) is 4.04. The van der Waals surface area contributed by atoms with Gasteiger partial charge in [-0.2, -0.15) is 0 Å². The lowest BCUT2D eigenvalue weighted by atomic mass is 10.0. The van der Waals surface area contributed by atoms with Crippen molar-refractivity contribution < 1.29 is 9.90 Å². The molecule has 0 aliphatic carbocycles. The molecule has 1 aliphatic rings. The van der Waals surface area contributed by atoms with Crippen molar-refractivity contribution in [1.82, 2.24) is 9.80 Å². The van der Waals surface area contributed by atoms with Crippen LogP contribution >= 0.6 is 0 Å². The van der Waals surface area contributed by atoms with Gasteiger partial charge in [-0.3, -0.25) is 4.79 Å². The molecule has 2 rings (SSSR count). The molecule has 0 bridgehead atoms. The van der Waals surface area contributed by atoms with Crippen LogP contribution in [0, 0.1) is 0 Å². The summed E-state index contributed by atoms with van der Waals surface area (Å²) in [6, 6.07) is 9.52. The second kappa shape index (κ2) is 6.68. The molecule has 0 aromatic heterocycles. The predicted octanol–water partition coefficient (Wildman–Crippen LogP) is 1.27. The van der Waals surface area contributed by atoms with Crippen LogP contribution < -0.4 is 0 Å². The molecule has 1 atom stereocenters. The standard InChI is InChI=1S/C15H22N2O2/c1-16-9-11-17(12-10-16)15(19)8-7-14(18)13-5-3-2-4-6-13/h2-6,14,18H,7-12H2,1H3. The molecule has 1 heterocycles. The Balaban J connectivity index is 1.77. The maximum absolute atomic E-state index is 12.0. The first-order valence-electron chi connectivity index (χ1n) is 6.86. The molecule has 4 nitrogen and oxygen atoms in total. The van der Waals surface area contributed by atoms with Gasteiger partial charge in [-0.1, -0.05) is 30.3 Å². The van der Waals surface area contributed by atoms with E-state index < -0.39 is 6.10 Å². The van der Waals surface area contributed by atoms with E-state index >= 15 is 0 Å². The first-order valence-corrected chi connectivity index (χ1v) is 6.86. The summed E-state index contributed by atoms with van der Waals surface area (Å²) in [6.07, 6.45) is 0.368.